The fourth-order valence-corrected chi connectivity index (χ4v) is 1.34. The maximum Gasteiger partial charge on any atom is 0.305 e. The van der Waals surface area contributed by atoms with Crippen LogP contribution in [0.1, 0.15) is 17.5 Å². The maximum absolute atomic E-state index is 10.9. The summed E-state index contributed by atoms with van der Waals surface area (Å²) in [5.74, 6) is -0.179. The second-order valence-corrected chi connectivity index (χ2v) is 3.26. The number of nitrogens with two attached hydrogens (primary N) is 1. The molecule has 0 spiro atoms. The van der Waals surface area contributed by atoms with Crippen molar-refractivity contribution < 1.29 is 9.53 Å². The van der Waals surface area contributed by atoms with Crippen LogP contribution in [-0.4, -0.2) is 13.1 Å². The Morgan fingerprint density at radius 1 is 1.50 bits per heavy atom. The predicted molar refractivity (Wildman–Crippen MR) is 55.9 cm³/mol. The molecule has 0 aromatic heterocycles. The van der Waals surface area contributed by atoms with Crippen LogP contribution in [0.15, 0.2) is 18.2 Å². The fraction of sp³-hybridized carbons (Fsp3) is 0.364. The molecule has 76 valence electrons. The van der Waals surface area contributed by atoms with Crippen molar-refractivity contribution >= 4 is 11.7 Å². The van der Waals surface area contributed by atoms with Crippen LogP contribution in [0.3, 0.4) is 0 Å². The Morgan fingerprint density at radius 2 is 2.21 bits per heavy atom. The summed E-state index contributed by atoms with van der Waals surface area (Å²) in [6.45, 7) is 1.99. The van der Waals surface area contributed by atoms with Crippen molar-refractivity contribution in [2.75, 3.05) is 12.8 Å². The molecule has 0 radical (unpaired) electrons. The molecule has 0 aliphatic carbocycles. The van der Waals surface area contributed by atoms with E-state index in [1.165, 1.54) is 7.11 Å². The van der Waals surface area contributed by atoms with E-state index in [0.29, 0.717) is 12.8 Å². The first-order valence-electron chi connectivity index (χ1n) is 4.55. The number of carbonyl (C=O) groups excluding carboxylic acids is 1. The zero-order valence-corrected chi connectivity index (χ0v) is 8.54. The van der Waals surface area contributed by atoms with Gasteiger partial charge in [0.25, 0.3) is 0 Å². The third-order valence-electron chi connectivity index (χ3n) is 2.19. The number of nitrogen functional groups attached to an aromatic ring is 1. The van der Waals surface area contributed by atoms with Crippen molar-refractivity contribution in [2.24, 2.45) is 0 Å². The second kappa shape index (κ2) is 4.65. The normalized spacial score (nSPS) is 9.86. The number of esters is 1. The molecule has 14 heavy (non-hydrogen) atoms. The Morgan fingerprint density at radius 3 is 2.79 bits per heavy atom. The summed E-state index contributed by atoms with van der Waals surface area (Å²) in [6.07, 6.45) is 1.13. The highest BCUT2D eigenvalue weighted by molar-refractivity contribution is 5.69. The van der Waals surface area contributed by atoms with Crippen LogP contribution in [0.25, 0.3) is 0 Å². The van der Waals surface area contributed by atoms with Crippen LogP contribution in [0.5, 0.6) is 0 Å². The summed E-state index contributed by atoms with van der Waals surface area (Å²) in [5.41, 5.74) is 8.63. The molecule has 1 aromatic carbocycles. The lowest BCUT2D eigenvalue weighted by Gasteiger charge is -2.05. The molecule has 0 saturated heterocycles. The van der Waals surface area contributed by atoms with Gasteiger partial charge in [-0.2, -0.15) is 0 Å². The minimum atomic E-state index is -0.179. The van der Waals surface area contributed by atoms with Crippen molar-refractivity contribution in [2.45, 2.75) is 19.8 Å². The van der Waals surface area contributed by atoms with Crippen molar-refractivity contribution in [3.63, 3.8) is 0 Å². The van der Waals surface area contributed by atoms with Gasteiger partial charge in [0, 0.05) is 12.1 Å². The lowest BCUT2D eigenvalue weighted by Crippen LogP contribution is -2.03. The Hall–Kier alpha value is -1.51. The molecule has 3 heteroatoms. The van der Waals surface area contributed by atoms with Crippen LogP contribution in [0.4, 0.5) is 5.69 Å². The van der Waals surface area contributed by atoms with Gasteiger partial charge in [-0.05, 0) is 36.6 Å². The number of benzene rings is 1. The maximum atomic E-state index is 10.9. The van der Waals surface area contributed by atoms with E-state index < -0.39 is 0 Å². The second-order valence-electron chi connectivity index (χ2n) is 3.26. The van der Waals surface area contributed by atoms with E-state index in [4.69, 9.17) is 5.73 Å². The third-order valence-corrected chi connectivity index (χ3v) is 2.19. The van der Waals surface area contributed by atoms with Crippen LogP contribution in [0, 0.1) is 6.92 Å². The minimum Gasteiger partial charge on any atom is -0.469 e. The van der Waals surface area contributed by atoms with Gasteiger partial charge in [-0.25, -0.2) is 0 Å². The van der Waals surface area contributed by atoms with E-state index in [2.05, 4.69) is 4.74 Å². The topological polar surface area (TPSA) is 52.3 Å². The molecular formula is C11H15NO2. The molecule has 0 unspecified atom stereocenters. The van der Waals surface area contributed by atoms with E-state index >= 15 is 0 Å². The number of hydrogen-bond donors (Lipinski definition) is 1. The molecule has 0 aliphatic heterocycles. The van der Waals surface area contributed by atoms with Crippen LogP contribution >= 0.6 is 0 Å². The van der Waals surface area contributed by atoms with Gasteiger partial charge < -0.3 is 10.5 Å². The quantitative estimate of drug-likeness (QED) is 0.587. The summed E-state index contributed by atoms with van der Waals surface area (Å²) in [4.78, 5) is 10.9. The summed E-state index contributed by atoms with van der Waals surface area (Å²) >= 11 is 0. The minimum absolute atomic E-state index is 0.179. The summed E-state index contributed by atoms with van der Waals surface area (Å²) < 4.78 is 4.57. The summed E-state index contributed by atoms with van der Waals surface area (Å²) in [5, 5.41) is 0. The number of hydrogen-bond acceptors (Lipinski definition) is 3. The number of rotatable bonds is 3. The number of aryl methyl sites for hydroxylation is 2. The highest BCUT2D eigenvalue weighted by Gasteiger charge is 2.03. The van der Waals surface area contributed by atoms with Crippen molar-refractivity contribution in [1.82, 2.24) is 0 Å². The number of methoxy groups -OCH3 is 1. The average molecular weight is 193 g/mol. The van der Waals surface area contributed by atoms with Crippen molar-refractivity contribution in [3.05, 3.63) is 29.3 Å². The van der Waals surface area contributed by atoms with E-state index in [0.717, 1.165) is 16.8 Å². The van der Waals surface area contributed by atoms with E-state index in [1.807, 2.05) is 25.1 Å². The molecule has 0 amide bonds. The zero-order chi connectivity index (χ0) is 10.6. The number of ether oxygens (including phenoxy) is 1. The monoisotopic (exact) mass is 193 g/mol. The van der Waals surface area contributed by atoms with E-state index in [9.17, 15) is 4.79 Å². The van der Waals surface area contributed by atoms with E-state index in [1.54, 1.807) is 0 Å². The molecule has 1 rings (SSSR count). The van der Waals surface area contributed by atoms with Gasteiger partial charge in [0.15, 0.2) is 0 Å². The largest absolute Gasteiger partial charge is 0.469 e. The Kier molecular flexibility index (Phi) is 3.51. The highest BCUT2D eigenvalue weighted by Crippen LogP contribution is 2.14. The standard InChI is InChI=1S/C11H15NO2/c1-8-7-10(12)5-3-9(8)4-6-11(13)14-2/h3,5,7H,4,6,12H2,1-2H3. The molecule has 0 atom stereocenters. The van der Waals surface area contributed by atoms with Gasteiger partial charge in [-0.15, -0.1) is 0 Å². The van der Waals surface area contributed by atoms with Crippen LogP contribution in [0.2, 0.25) is 0 Å². The van der Waals surface area contributed by atoms with Crippen molar-refractivity contribution in [1.29, 1.82) is 0 Å². The number of anilines is 1. The predicted octanol–water partition coefficient (Wildman–Crippen LogP) is 1.68. The van der Waals surface area contributed by atoms with Gasteiger partial charge in [0.1, 0.15) is 0 Å². The molecule has 0 saturated carbocycles. The third kappa shape index (κ3) is 2.76. The Labute approximate surface area is 83.9 Å². The van der Waals surface area contributed by atoms with Gasteiger partial charge >= 0.3 is 5.97 Å². The Balaban J connectivity index is 2.63. The smallest absolute Gasteiger partial charge is 0.305 e. The van der Waals surface area contributed by atoms with Gasteiger partial charge in [-0.1, -0.05) is 6.07 Å². The van der Waals surface area contributed by atoms with Crippen LogP contribution < -0.4 is 5.73 Å². The van der Waals surface area contributed by atoms with Crippen molar-refractivity contribution in [3.8, 4) is 0 Å². The molecule has 3 nitrogen and oxygen atoms in total. The first-order chi connectivity index (χ1) is 6.63. The number of carbonyl (C=O) groups is 1. The molecular weight excluding hydrogens is 178 g/mol. The van der Waals surface area contributed by atoms with Crippen LogP contribution in [-0.2, 0) is 16.0 Å². The molecule has 0 aliphatic rings. The summed E-state index contributed by atoms with van der Waals surface area (Å²) in [7, 11) is 1.40. The average Bonchev–Trinajstić information content (AvgIpc) is 2.16. The van der Waals surface area contributed by atoms with Gasteiger partial charge in [0.05, 0.1) is 7.11 Å². The first kappa shape index (κ1) is 10.6. The van der Waals surface area contributed by atoms with E-state index in [-0.39, 0.29) is 5.97 Å². The molecule has 0 heterocycles. The lowest BCUT2D eigenvalue weighted by molar-refractivity contribution is -0.140. The molecule has 2 N–H and O–H groups in total. The SMILES string of the molecule is COC(=O)CCc1ccc(N)cc1C. The lowest BCUT2D eigenvalue weighted by atomic mass is 10.0. The highest BCUT2D eigenvalue weighted by atomic mass is 16.5. The summed E-state index contributed by atoms with van der Waals surface area (Å²) in [6, 6.07) is 5.71. The zero-order valence-electron chi connectivity index (χ0n) is 8.54. The first-order valence-corrected chi connectivity index (χ1v) is 4.55. The molecule has 0 fully saturated rings. The fourth-order valence-electron chi connectivity index (χ4n) is 1.34. The Bertz CT molecular complexity index is 334. The van der Waals surface area contributed by atoms with Gasteiger partial charge in [-0.3, -0.25) is 4.79 Å². The molecule has 0 bridgehead atoms. The molecule has 1 aromatic rings. The van der Waals surface area contributed by atoms with Gasteiger partial charge in [0.2, 0.25) is 0 Å².